The first-order valence-electron chi connectivity index (χ1n) is 10.6. The molecule has 0 aliphatic rings. The van der Waals surface area contributed by atoms with Crippen molar-refractivity contribution in [3.8, 4) is 33.9 Å². The molecule has 0 fully saturated rings. The van der Waals surface area contributed by atoms with Gasteiger partial charge >= 0.3 is 0 Å². The Kier molecular flexibility index (Phi) is 6.47. The third-order valence-corrected chi connectivity index (χ3v) is 5.12. The summed E-state index contributed by atoms with van der Waals surface area (Å²) in [6.45, 7) is 7.85. The van der Waals surface area contributed by atoms with Gasteiger partial charge in [-0.2, -0.15) is 0 Å². The zero-order chi connectivity index (χ0) is 22.3. The van der Waals surface area contributed by atoms with Gasteiger partial charge in [-0.25, -0.2) is 15.0 Å². The van der Waals surface area contributed by atoms with Crippen LogP contribution in [0.5, 0.6) is 0 Å². The van der Waals surface area contributed by atoms with Gasteiger partial charge in [0, 0.05) is 16.7 Å². The number of aryl methyl sites for hydroxylation is 1. The number of aromatic nitrogens is 3. The van der Waals surface area contributed by atoms with Gasteiger partial charge in [-0.1, -0.05) is 109 Å². The van der Waals surface area contributed by atoms with E-state index in [9.17, 15) is 0 Å². The molecule has 3 aromatic carbocycles. The third-order valence-electron chi connectivity index (χ3n) is 5.12. The number of hydrogen-bond donors (Lipinski definition) is 0. The Bertz CT molecular complexity index is 1300. The van der Waals surface area contributed by atoms with Crippen LogP contribution in [0.2, 0.25) is 0 Å². The Hall–Kier alpha value is -4.11. The Morgan fingerprint density at radius 3 is 2.03 bits per heavy atom. The van der Waals surface area contributed by atoms with E-state index >= 15 is 0 Å². The van der Waals surface area contributed by atoms with Gasteiger partial charge in [0.25, 0.3) is 0 Å². The quantitative estimate of drug-likeness (QED) is 0.310. The van der Waals surface area contributed by atoms with Gasteiger partial charge in [-0.3, -0.25) is 0 Å². The van der Waals surface area contributed by atoms with E-state index in [1.807, 2.05) is 67.6 Å². The van der Waals surface area contributed by atoms with Gasteiger partial charge < -0.3 is 0 Å². The Labute approximate surface area is 189 Å². The Morgan fingerprint density at radius 1 is 0.719 bits per heavy atom. The van der Waals surface area contributed by atoms with E-state index < -0.39 is 0 Å². The highest BCUT2D eigenvalue weighted by molar-refractivity contribution is 5.74. The molecule has 3 heteroatoms. The van der Waals surface area contributed by atoms with Crippen LogP contribution in [0.4, 0.5) is 0 Å². The van der Waals surface area contributed by atoms with Crippen LogP contribution >= 0.6 is 0 Å². The molecule has 156 valence electrons. The van der Waals surface area contributed by atoms with E-state index in [2.05, 4.69) is 49.9 Å². The van der Waals surface area contributed by atoms with E-state index in [1.54, 1.807) is 6.08 Å². The molecule has 0 saturated heterocycles. The van der Waals surface area contributed by atoms with Crippen LogP contribution in [0.15, 0.2) is 110 Å². The summed E-state index contributed by atoms with van der Waals surface area (Å²) >= 11 is 0. The van der Waals surface area contributed by atoms with Crippen LogP contribution in [0.1, 0.15) is 18.3 Å². The molecule has 0 aliphatic heterocycles. The number of allylic oxidation sites excluding steroid dienone is 5. The molecule has 0 amide bonds. The normalized spacial score (nSPS) is 11.6. The standard InChI is InChI=1S/C29H25N3/c1-4-6-13-22(5-2)27-30-28(23-14-8-7-9-15-23)32-29(31-27)26-18-11-17-25(20-26)24-16-10-12-21(3)19-24/h4-20H,1H2,2-3H3/b13-6-,22-5+. The lowest BCUT2D eigenvalue weighted by Gasteiger charge is -2.10. The molecule has 0 N–H and O–H groups in total. The first-order chi connectivity index (χ1) is 15.7. The highest BCUT2D eigenvalue weighted by Gasteiger charge is 2.13. The average Bonchev–Trinajstić information content (AvgIpc) is 2.85. The molecule has 0 spiro atoms. The molecule has 0 saturated carbocycles. The van der Waals surface area contributed by atoms with Crippen LogP contribution in [-0.2, 0) is 0 Å². The maximum absolute atomic E-state index is 4.83. The van der Waals surface area contributed by atoms with Crippen molar-refractivity contribution in [1.29, 1.82) is 0 Å². The van der Waals surface area contributed by atoms with Gasteiger partial charge in [0.15, 0.2) is 17.5 Å². The monoisotopic (exact) mass is 415 g/mol. The fraction of sp³-hybridized carbons (Fsp3) is 0.0690. The number of benzene rings is 3. The van der Waals surface area contributed by atoms with Crippen molar-refractivity contribution in [1.82, 2.24) is 15.0 Å². The van der Waals surface area contributed by atoms with E-state index in [0.29, 0.717) is 17.5 Å². The van der Waals surface area contributed by atoms with Crippen molar-refractivity contribution in [2.24, 2.45) is 0 Å². The SMILES string of the molecule is C=C/C=C\C(=C/C)c1nc(-c2ccccc2)nc(-c2cccc(-c3cccc(C)c3)c2)n1. The van der Waals surface area contributed by atoms with Crippen LogP contribution in [-0.4, -0.2) is 15.0 Å². The molecule has 32 heavy (non-hydrogen) atoms. The van der Waals surface area contributed by atoms with E-state index in [0.717, 1.165) is 22.3 Å². The third kappa shape index (κ3) is 4.79. The molecule has 1 aromatic heterocycles. The predicted molar refractivity (Wildman–Crippen MR) is 134 cm³/mol. The van der Waals surface area contributed by atoms with E-state index in [1.165, 1.54) is 11.1 Å². The van der Waals surface area contributed by atoms with E-state index in [-0.39, 0.29) is 0 Å². The molecule has 1 heterocycles. The van der Waals surface area contributed by atoms with Crippen LogP contribution in [0, 0.1) is 6.92 Å². The van der Waals surface area contributed by atoms with Crippen LogP contribution in [0.25, 0.3) is 39.5 Å². The molecule has 4 rings (SSSR count). The minimum atomic E-state index is 0.635. The molecule has 0 bridgehead atoms. The highest BCUT2D eigenvalue weighted by Crippen LogP contribution is 2.27. The summed E-state index contributed by atoms with van der Waals surface area (Å²) in [5.74, 6) is 1.93. The summed E-state index contributed by atoms with van der Waals surface area (Å²) < 4.78 is 0. The van der Waals surface area contributed by atoms with Gasteiger partial charge in [0.05, 0.1) is 0 Å². The minimum absolute atomic E-state index is 0.635. The zero-order valence-electron chi connectivity index (χ0n) is 18.4. The highest BCUT2D eigenvalue weighted by atomic mass is 15.0. The smallest absolute Gasteiger partial charge is 0.164 e. The summed E-state index contributed by atoms with van der Waals surface area (Å²) in [7, 11) is 0. The van der Waals surface area contributed by atoms with Gasteiger partial charge in [-0.05, 0) is 31.0 Å². The van der Waals surface area contributed by atoms with Gasteiger partial charge in [-0.15, -0.1) is 0 Å². The summed E-state index contributed by atoms with van der Waals surface area (Å²) in [6.07, 6.45) is 7.59. The summed E-state index contributed by atoms with van der Waals surface area (Å²) in [5, 5.41) is 0. The minimum Gasteiger partial charge on any atom is -0.208 e. The van der Waals surface area contributed by atoms with Crippen molar-refractivity contribution in [3.63, 3.8) is 0 Å². The summed E-state index contributed by atoms with van der Waals surface area (Å²) in [5.41, 5.74) is 6.36. The van der Waals surface area contributed by atoms with Crippen LogP contribution in [0.3, 0.4) is 0 Å². The molecule has 0 atom stereocenters. The maximum atomic E-state index is 4.83. The first-order valence-corrected chi connectivity index (χ1v) is 10.6. The lowest BCUT2D eigenvalue weighted by molar-refractivity contribution is 1.04. The average molecular weight is 416 g/mol. The molecule has 4 aromatic rings. The zero-order valence-corrected chi connectivity index (χ0v) is 18.4. The lowest BCUT2D eigenvalue weighted by atomic mass is 10.0. The van der Waals surface area contributed by atoms with Crippen molar-refractivity contribution >= 4 is 5.57 Å². The van der Waals surface area contributed by atoms with E-state index in [4.69, 9.17) is 15.0 Å². The second-order valence-corrected chi connectivity index (χ2v) is 7.46. The molecule has 0 aliphatic carbocycles. The molecular formula is C29H25N3. The number of hydrogen-bond acceptors (Lipinski definition) is 3. The first kappa shape index (κ1) is 21.1. The molecular weight excluding hydrogens is 390 g/mol. The van der Waals surface area contributed by atoms with Crippen molar-refractivity contribution in [2.45, 2.75) is 13.8 Å². The second kappa shape index (κ2) is 9.80. The lowest BCUT2D eigenvalue weighted by Crippen LogP contribution is -2.02. The predicted octanol–water partition coefficient (Wildman–Crippen LogP) is 7.33. The van der Waals surface area contributed by atoms with Crippen molar-refractivity contribution < 1.29 is 0 Å². The summed E-state index contributed by atoms with van der Waals surface area (Å²) in [6, 6.07) is 26.8. The van der Waals surface area contributed by atoms with Gasteiger partial charge in [0.1, 0.15) is 0 Å². The summed E-state index contributed by atoms with van der Waals surface area (Å²) in [4.78, 5) is 14.4. The number of nitrogens with zero attached hydrogens (tertiary/aromatic N) is 3. The van der Waals surface area contributed by atoms with Crippen molar-refractivity contribution in [3.05, 3.63) is 121 Å². The topological polar surface area (TPSA) is 38.7 Å². The number of rotatable bonds is 6. The largest absolute Gasteiger partial charge is 0.208 e. The Balaban J connectivity index is 1.87. The fourth-order valence-corrected chi connectivity index (χ4v) is 3.48. The maximum Gasteiger partial charge on any atom is 0.164 e. The second-order valence-electron chi connectivity index (χ2n) is 7.46. The Morgan fingerprint density at radius 2 is 1.34 bits per heavy atom. The molecule has 0 radical (unpaired) electrons. The molecule has 3 nitrogen and oxygen atoms in total. The van der Waals surface area contributed by atoms with Crippen LogP contribution < -0.4 is 0 Å². The fourth-order valence-electron chi connectivity index (χ4n) is 3.48. The van der Waals surface area contributed by atoms with Gasteiger partial charge in [0.2, 0.25) is 0 Å². The van der Waals surface area contributed by atoms with Crippen molar-refractivity contribution in [2.75, 3.05) is 0 Å². The molecule has 0 unspecified atom stereocenters.